The summed E-state index contributed by atoms with van der Waals surface area (Å²) in [5.74, 6) is 2.87. The van der Waals surface area contributed by atoms with Crippen molar-refractivity contribution in [2.75, 3.05) is 37.7 Å². The number of rotatable bonds is 6. The Bertz CT molecular complexity index is 230. The Morgan fingerprint density at radius 1 is 1.41 bits per heavy atom. The SMILES string of the molecule is CC(C)C(N)CC(=O)NCCN1CCSCC1. The molecule has 4 nitrogen and oxygen atoms in total. The van der Waals surface area contributed by atoms with Crippen LogP contribution < -0.4 is 11.1 Å². The van der Waals surface area contributed by atoms with Crippen molar-refractivity contribution < 1.29 is 4.79 Å². The van der Waals surface area contributed by atoms with Crippen LogP contribution >= 0.6 is 11.8 Å². The fourth-order valence-corrected chi connectivity index (χ4v) is 2.68. The summed E-state index contributed by atoms with van der Waals surface area (Å²) >= 11 is 2.00. The Hall–Kier alpha value is -0.260. The lowest BCUT2D eigenvalue weighted by Crippen LogP contribution is -2.41. The lowest BCUT2D eigenvalue weighted by Gasteiger charge is -2.26. The number of carbonyl (C=O) groups excluding carboxylic acids is 1. The Balaban J connectivity index is 2.07. The first-order valence-electron chi connectivity index (χ1n) is 6.42. The van der Waals surface area contributed by atoms with Crippen molar-refractivity contribution in [3.63, 3.8) is 0 Å². The molecule has 100 valence electrons. The van der Waals surface area contributed by atoms with Crippen LogP contribution in [0.2, 0.25) is 0 Å². The lowest BCUT2D eigenvalue weighted by molar-refractivity contribution is -0.121. The highest BCUT2D eigenvalue weighted by Gasteiger charge is 2.13. The summed E-state index contributed by atoms with van der Waals surface area (Å²) in [7, 11) is 0. The summed E-state index contributed by atoms with van der Waals surface area (Å²) in [6, 6.07) is -0.0265. The molecule has 0 aromatic rings. The van der Waals surface area contributed by atoms with E-state index in [1.54, 1.807) is 0 Å². The second-order valence-electron chi connectivity index (χ2n) is 4.92. The average Bonchev–Trinajstić information content (AvgIpc) is 2.30. The first-order chi connectivity index (χ1) is 8.09. The van der Waals surface area contributed by atoms with Crippen LogP contribution in [-0.2, 0) is 4.79 Å². The van der Waals surface area contributed by atoms with E-state index in [4.69, 9.17) is 5.73 Å². The molecular formula is C12H25N3OS. The van der Waals surface area contributed by atoms with E-state index in [2.05, 4.69) is 10.2 Å². The van der Waals surface area contributed by atoms with E-state index in [9.17, 15) is 4.79 Å². The Morgan fingerprint density at radius 3 is 2.65 bits per heavy atom. The molecule has 1 unspecified atom stereocenters. The summed E-state index contributed by atoms with van der Waals surface area (Å²) in [5, 5.41) is 2.95. The monoisotopic (exact) mass is 259 g/mol. The quantitative estimate of drug-likeness (QED) is 0.730. The summed E-state index contributed by atoms with van der Waals surface area (Å²) in [6.45, 7) is 8.09. The van der Waals surface area contributed by atoms with E-state index < -0.39 is 0 Å². The van der Waals surface area contributed by atoms with Crippen molar-refractivity contribution in [3.05, 3.63) is 0 Å². The van der Waals surface area contributed by atoms with Crippen LogP contribution in [0.25, 0.3) is 0 Å². The zero-order valence-corrected chi connectivity index (χ0v) is 11.8. The van der Waals surface area contributed by atoms with Crippen molar-refractivity contribution in [2.45, 2.75) is 26.3 Å². The predicted octanol–water partition coefficient (Wildman–Crippen LogP) is 0.525. The van der Waals surface area contributed by atoms with Crippen molar-refractivity contribution in [1.29, 1.82) is 0 Å². The molecule has 0 bridgehead atoms. The molecule has 1 rings (SSSR count). The normalized spacial score (nSPS) is 19.3. The van der Waals surface area contributed by atoms with E-state index in [-0.39, 0.29) is 11.9 Å². The number of hydrogen-bond donors (Lipinski definition) is 2. The van der Waals surface area contributed by atoms with Crippen LogP contribution in [-0.4, -0.2) is 54.5 Å². The smallest absolute Gasteiger partial charge is 0.221 e. The van der Waals surface area contributed by atoms with Crippen LogP contribution in [0.15, 0.2) is 0 Å². The second-order valence-corrected chi connectivity index (χ2v) is 6.14. The molecule has 1 heterocycles. The molecule has 1 aliphatic rings. The van der Waals surface area contributed by atoms with Gasteiger partial charge in [-0.25, -0.2) is 0 Å². The topological polar surface area (TPSA) is 58.4 Å². The zero-order chi connectivity index (χ0) is 12.7. The lowest BCUT2D eigenvalue weighted by atomic mass is 10.0. The molecule has 0 aromatic heterocycles. The summed E-state index contributed by atoms with van der Waals surface area (Å²) < 4.78 is 0. The summed E-state index contributed by atoms with van der Waals surface area (Å²) in [6.07, 6.45) is 0.438. The molecule has 1 fully saturated rings. The number of nitrogens with zero attached hydrogens (tertiary/aromatic N) is 1. The maximum absolute atomic E-state index is 11.6. The standard InChI is InChI=1S/C12H25N3OS/c1-10(2)11(13)9-12(16)14-3-4-15-5-7-17-8-6-15/h10-11H,3-9,13H2,1-2H3,(H,14,16). The fourth-order valence-electron chi connectivity index (χ4n) is 1.70. The van der Waals surface area contributed by atoms with Gasteiger partial charge in [0, 0.05) is 50.1 Å². The molecule has 1 aliphatic heterocycles. The molecule has 1 saturated heterocycles. The van der Waals surface area contributed by atoms with Crippen molar-refractivity contribution in [3.8, 4) is 0 Å². The molecule has 1 atom stereocenters. The van der Waals surface area contributed by atoms with Gasteiger partial charge in [0.25, 0.3) is 0 Å². The van der Waals surface area contributed by atoms with Gasteiger partial charge in [-0.15, -0.1) is 0 Å². The van der Waals surface area contributed by atoms with E-state index in [1.165, 1.54) is 11.5 Å². The van der Waals surface area contributed by atoms with Gasteiger partial charge in [0.1, 0.15) is 0 Å². The van der Waals surface area contributed by atoms with Gasteiger partial charge in [-0.05, 0) is 5.92 Å². The third-order valence-electron chi connectivity index (χ3n) is 3.13. The minimum Gasteiger partial charge on any atom is -0.355 e. The van der Waals surface area contributed by atoms with Crippen LogP contribution in [0.3, 0.4) is 0 Å². The Morgan fingerprint density at radius 2 is 2.06 bits per heavy atom. The van der Waals surface area contributed by atoms with Gasteiger partial charge in [-0.3, -0.25) is 9.69 Å². The van der Waals surface area contributed by atoms with Gasteiger partial charge in [0.05, 0.1) is 0 Å². The highest BCUT2D eigenvalue weighted by Crippen LogP contribution is 2.08. The number of carbonyl (C=O) groups is 1. The number of thioether (sulfide) groups is 1. The van der Waals surface area contributed by atoms with E-state index in [1.807, 2.05) is 25.6 Å². The van der Waals surface area contributed by atoms with Crippen molar-refractivity contribution in [2.24, 2.45) is 11.7 Å². The molecule has 0 aromatic carbocycles. The minimum absolute atomic E-state index is 0.0265. The fraction of sp³-hybridized carbons (Fsp3) is 0.917. The molecule has 17 heavy (non-hydrogen) atoms. The molecule has 0 saturated carbocycles. The Kier molecular flexibility index (Phi) is 6.92. The number of amides is 1. The predicted molar refractivity (Wildman–Crippen MR) is 74.2 cm³/mol. The van der Waals surface area contributed by atoms with Crippen molar-refractivity contribution in [1.82, 2.24) is 10.2 Å². The maximum Gasteiger partial charge on any atom is 0.221 e. The third kappa shape index (κ3) is 6.29. The Labute approximate surface area is 109 Å². The first-order valence-corrected chi connectivity index (χ1v) is 7.57. The van der Waals surface area contributed by atoms with Crippen LogP contribution in [0.5, 0.6) is 0 Å². The molecule has 3 N–H and O–H groups in total. The van der Waals surface area contributed by atoms with Gasteiger partial charge in [0.2, 0.25) is 5.91 Å². The number of nitrogens with one attached hydrogen (secondary N) is 1. The van der Waals surface area contributed by atoms with Crippen molar-refractivity contribution >= 4 is 17.7 Å². The number of hydrogen-bond acceptors (Lipinski definition) is 4. The summed E-state index contributed by atoms with van der Waals surface area (Å²) in [5.41, 5.74) is 5.86. The maximum atomic E-state index is 11.6. The van der Waals surface area contributed by atoms with Crippen LogP contribution in [0.4, 0.5) is 0 Å². The van der Waals surface area contributed by atoms with E-state index in [0.717, 1.165) is 26.2 Å². The average molecular weight is 259 g/mol. The number of nitrogens with two attached hydrogens (primary N) is 1. The molecule has 0 radical (unpaired) electrons. The third-order valence-corrected chi connectivity index (χ3v) is 4.07. The second kappa shape index (κ2) is 7.95. The van der Waals surface area contributed by atoms with Gasteiger partial charge < -0.3 is 11.1 Å². The zero-order valence-electron chi connectivity index (χ0n) is 10.9. The molecule has 0 spiro atoms. The summed E-state index contributed by atoms with van der Waals surface area (Å²) in [4.78, 5) is 14.0. The largest absolute Gasteiger partial charge is 0.355 e. The molecule has 5 heteroatoms. The van der Waals surface area contributed by atoms with Gasteiger partial charge in [-0.1, -0.05) is 13.8 Å². The molecule has 1 amide bonds. The minimum atomic E-state index is -0.0265. The molecular weight excluding hydrogens is 234 g/mol. The van der Waals surface area contributed by atoms with Crippen LogP contribution in [0.1, 0.15) is 20.3 Å². The van der Waals surface area contributed by atoms with E-state index >= 15 is 0 Å². The van der Waals surface area contributed by atoms with Gasteiger partial charge in [0.15, 0.2) is 0 Å². The van der Waals surface area contributed by atoms with Gasteiger partial charge >= 0.3 is 0 Å². The van der Waals surface area contributed by atoms with Gasteiger partial charge in [-0.2, -0.15) is 11.8 Å². The highest BCUT2D eigenvalue weighted by atomic mass is 32.2. The molecule has 0 aliphatic carbocycles. The highest BCUT2D eigenvalue weighted by molar-refractivity contribution is 7.99. The first kappa shape index (κ1) is 14.8. The van der Waals surface area contributed by atoms with Crippen LogP contribution in [0, 0.1) is 5.92 Å². The van der Waals surface area contributed by atoms with E-state index in [0.29, 0.717) is 12.3 Å².